The van der Waals surface area contributed by atoms with Crippen molar-refractivity contribution in [3.8, 4) is 5.75 Å². The number of ether oxygens (including phenoxy) is 1. The van der Waals surface area contributed by atoms with Gasteiger partial charge < -0.3 is 25.6 Å². The molecular formula is C25H32F2N2O4. The molecule has 6 nitrogen and oxygen atoms in total. The number of hydrogen-bond donors (Lipinski definition) is 4. The van der Waals surface area contributed by atoms with E-state index in [0.717, 1.165) is 35.9 Å². The zero-order valence-corrected chi connectivity index (χ0v) is 19.2. The summed E-state index contributed by atoms with van der Waals surface area (Å²) in [7, 11) is 0. The van der Waals surface area contributed by atoms with Crippen molar-refractivity contribution in [1.82, 2.24) is 10.6 Å². The number of nitrogens with one attached hydrogen (secondary N) is 2. The smallest absolute Gasteiger partial charge is 0.404 e. The summed E-state index contributed by atoms with van der Waals surface area (Å²) < 4.78 is 32.9. The second kappa shape index (κ2) is 10.5. The number of aliphatic hydroxyl groups is 1. The molecule has 8 heteroatoms. The largest absolute Gasteiger partial charge is 0.493 e. The molecule has 2 aromatic rings. The van der Waals surface area contributed by atoms with Crippen molar-refractivity contribution in [2.75, 3.05) is 13.2 Å². The van der Waals surface area contributed by atoms with Crippen molar-refractivity contribution in [2.45, 2.75) is 58.2 Å². The highest BCUT2D eigenvalue weighted by Crippen LogP contribution is 2.34. The van der Waals surface area contributed by atoms with Crippen molar-refractivity contribution >= 4 is 6.09 Å². The molecule has 1 amide bonds. The fraction of sp³-hybridized carbons (Fsp3) is 0.480. The van der Waals surface area contributed by atoms with E-state index in [0.29, 0.717) is 13.0 Å². The van der Waals surface area contributed by atoms with E-state index in [4.69, 9.17) is 4.74 Å². The first-order chi connectivity index (χ1) is 15.5. The molecule has 0 aromatic heterocycles. The third kappa shape index (κ3) is 7.40. The number of rotatable bonds is 8. The van der Waals surface area contributed by atoms with Crippen LogP contribution in [-0.4, -0.2) is 41.6 Å². The number of hydrogen-bond acceptors (Lipinski definition) is 4. The van der Waals surface area contributed by atoms with Gasteiger partial charge in [0.1, 0.15) is 17.4 Å². The first-order valence-electron chi connectivity index (χ1n) is 11.1. The molecule has 3 atom stereocenters. The molecule has 33 heavy (non-hydrogen) atoms. The lowest BCUT2D eigenvalue weighted by atomic mass is 9.86. The lowest BCUT2D eigenvalue weighted by Gasteiger charge is -2.30. The van der Waals surface area contributed by atoms with Crippen LogP contribution >= 0.6 is 0 Å². The third-order valence-electron chi connectivity index (χ3n) is 5.57. The number of carbonyl (C=O) groups is 1. The van der Waals surface area contributed by atoms with E-state index in [1.165, 1.54) is 5.56 Å². The molecule has 2 aromatic carbocycles. The van der Waals surface area contributed by atoms with Crippen LogP contribution in [0, 0.1) is 17.0 Å². The molecule has 0 aliphatic carbocycles. The van der Waals surface area contributed by atoms with E-state index < -0.39 is 29.9 Å². The summed E-state index contributed by atoms with van der Waals surface area (Å²) in [5, 5.41) is 25.5. The van der Waals surface area contributed by atoms with Crippen molar-refractivity contribution in [2.24, 2.45) is 5.41 Å². The van der Waals surface area contributed by atoms with E-state index in [1.807, 2.05) is 6.07 Å². The summed E-state index contributed by atoms with van der Waals surface area (Å²) in [6.45, 7) is 7.15. The molecule has 0 radical (unpaired) electrons. The predicted molar refractivity (Wildman–Crippen MR) is 121 cm³/mol. The van der Waals surface area contributed by atoms with Gasteiger partial charge in [-0.25, -0.2) is 13.6 Å². The van der Waals surface area contributed by atoms with Gasteiger partial charge in [-0.05, 0) is 47.6 Å². The van der Waals surface area contributed by atoms with Gasteiger partial charge in [-0.15, -0.1) is 0 Å². The minimum Gasteiger partial charge on any atom is -0.493 e. The van der Waals surface area contributed by atoms with E-state index >= 15 is 0 Å². The fourth-order valence-electron chi connectivity index (χ4n) is 4.21. The summed E-state index contributed by atoms with van der Waals surface area (Å²) in [5.41, 5.74) is 2.59. The van der Waals surface area contributed by atoms with Crippen LogP contribution < -0.4 is 15.4 Å². The number of benzene rings is 2. The Morgan fingerprint density at radius 1 is 1.15 bits per heavy atom. The summed E-state index contributed by atoms with van der Waals surface area (Å²) in [6, 6.07) is 8.14. The zero-order valence-electron chi connectivity index (χ0n) is 19.2. The lowest BCUT2D eigenvalue weighted by molar-refractivity contribution is 0.112. The Bertz CT molecular complexity index is 957. The maximum atomic E-state index is 13.5. The van der Waals surface area contributed by atoms with Crippen molar-refractivity contribution in [3.63, 3.8) is 0 Å². The number of aliphatic hydroxyl groups excluding tert-OH is 1. The minimum atomic E-state index is -1.32. The van der Waals surface area contributed by atoms with Crippen molar-refractivity contribution < 1.29 is 28.5 Å². The van der Waals surface area contributed by atoms with E-state index in [-0.39, 0.29) is 30.0 Å². The molecule has 0 saturated carbocycles. The first-order valence-corrected chi connectivity index (χ1v) is 11.1. The molecule has 0 fully saturated rings. The quantitative estimate of drug-likeness (QED) is 0.472. The van der Waals surface area contributed by atoms with E-state index in [1.54, 1.807) is 0 Å². The van der Waals surface area contributed by atoms with Gasteiger partial charge in [0.25, 0.3) is 0 Å². The van der Waals surface area contributed by atoms with Crippen LogP contribution in [0.1, 0.15) is 49.9 Å². The van der Waals surface area contributed by atoms with Crippen molar-refractivity contribution in [1.29, 1.82) is 0 Å². The number of halogens is 2. The Labute approximate surface area is 193 Å². The Hall–Kier alpha value is -2.71. The Morgan fingerprint density at radius 2 is 1.85 bits per heavy atom. The van der Waals surface area contributed by atoms with E-state index in [9.17, 15) is 23.8 Å². The standard InChI is InChI=1S/C25H32F2N2O4/c1-25(2,3)13-15-4-5-23-19(10-15)20(6-7-33-23)28-14-22(30)21(29-24(31)32)11-16-8-17(26)12-18(27)9-16/h4-5,8-10,12,20-22,28-30H,6-7,11,13-14H2,1-3H3,(H,31,32)/t20-,21-,22-/m0/s1. The van der Waals surface area contributed by atoms with Crippen LogP contribution in [0.4, 0.5) is 13.6 Å². The predicted octanol–water partition coefficient (Wildman–Crippen LogP) is 4.21. The molecule has 4 N–H and O–H groups in total. The average Bonchev–Trinajstić information content (AvgIpc) is 2.69. The van der Waals surface area contributed by atoms with Crippen LogP contribution in [0.25, 0.3) is 0 Å². The normalized spacial score (nSPS) is 17.6. The highest BCUT2D eigenvalue weighted by atomic mass is 19.1. The topological polar surface area (TPSA) is 90.8 Å². The SMILES string of the molecule is CC(C)(C)Cc1ccc2c(c1)[C@@H](NC[C@H](O)[C@H](Cc1cc(F)cc(F)c1)NC(=O)O)CCO2. The first kappa shape index (κ1) is 24.9. The zero-order chi connectivity index (χ0) is 24.2. The molecule has 0 saturated heterocycles. The lowest BCUT2D eigenvalue weighted by Crippen LogP contribution is -2.49. The minimum absolute atomic E-state index is 0.0517. The summed E-state index contributed by atoms with van der Waals surface area (Å²) in [4.78, 5) is 11.3. The molecule has 0 spiro atoms. The van der Waals surface area contributed by atoms with Gasteiger partial charge in [-0.2, -0.15) is 0 Å². The maximum absolute atomic E-state index is 13.5. The van der Waals surface area contributed by atoms with Crippen LogP contribution in [0.2, 0.25) is 0 Å². The second-order valence-electron chi connectivity index (χ2n) is 9.81. The van der Waals surface area contributed by atoms with Gasteiger partial charge in [0.05, 0.1) is 18.8 Å². The summed E-state index contributed by atoms with van der Waals surface area (Å²) >= 11 is 0. The Balaban J connectivity index is 1.70. The van der Waals surface area contributed by atoms with Crippen molar-refractivity contribution in [3.05, 3.63) is 64.7 Å². The number of fused-ring (bicyclic) bond motifs is 1. The molecule has 3 rings (SSSR count). The molecule has 0 bridgehead atoms. The van der Waals surface area contributed by atoms with Crippen LogP contribution in [0.15, 0.2) is 36.4 Å². The summed E-state index contributed by atoms with van der Waals surface area (Å²) in [6.07, 6.45) is -0.880. The van der Waals surface area contributed by atoms with Gasteiger partial charge in [-0.3, -0.25) is 0 Å². The van der Waals surface area contributed by atoms with Gasteiger partial charge >= 0.3 is 6.09 Å². The molecule has 1 aliphatic rings. The fourth-order valence-corrected chi connectivity index (χ4v) is 4.21. The highest BCUT2D eigenvalue weighted by molar-refractivity contribution is 5.65. The maximum Gasteiger partial charge on any atom is 0.404 e. The monoisotopic (exact) mass is 462 g/mol. The van der Waals surface area contributed by atoms with Gasteiger partial charge in [0, 0.05) is 30.6 Å². The molecular weight excluding hydrogens is 430 g/mol. The number of amides is 1. The van der Waals surface area contributed by atoms with Crippen LogP contribution in [0.3, 0.4) is 0 Å². The molecule has 180 valence electrons. The van der Waals surface area contributed by atoms with Crippen LogP contribution in [-0.2, 0) is 12.8 Å². The molecule has 1 aliphatic heterocycles. The molecule has 0 unspecified atom stereocenters. The third-order valence-corrected chi connectivity index (χ3v) is 5.57. The molecule has 1 heterocycles. The van der Waals surface area contributed by atoms with Crippen LogP contribution in [0.5, 0.6) is 5.75 Å². The Morgan fingerprint density at radius 3 is 2.48 bits per heavy atom. The Kier molecular flexibility index (Phi) is 7.92. The number of carboxylic acid groups (broad SMARTS) is 1. The van der Waals surface area contributed by atoms with Gasteiger partial charge in [-0.1, -0.05) is 32.9 Å². The van der Waals surface area contributed by atoms with Gasteiger partial charge in [0.2, 0.25) is 0 Å². The highest BCUT2D eigenvalue weighted by Gasteiger charge is 2.26. The van der Waals surface area contributed by atoms with Gasteiger partial charge in [0.15, 0.2) is 0 Å². The average molecular weight is 463 g/mol. The second-order valence-corrected chi connectivity index (χ2v) is 9.81. The van der Waals surface area contributed by atoms with E-state index in [2.05, 4.69) is 43.5 Å². The summed E-state index contributed by atoms with van der Waals surface area (Å²) in [5.74, 6) is -0.713.